The van der Waals surface area contributed by atoms with Crippen molar-refractivity contribution in [2.45, 2.75) is 52.6 Å². The summed E-state index contributed by atoms with van der Waals surface area (Å²) in [5, 5.41) is 10.1. The predicted molar refractivity (Wildman–Crippen MR) is 120 cm³/mol. The lowest BCUT2D eigenvalue weighted by atomic mass is 9.87. The lowest BCUT2D eigenvalue weighted by Crippen LogP contribution is -2.36. The number of fused-ring (bicyclic) bond motifs is 3. The van der Waals surface area contributed by atoms with Crippen molar-refractivity contribution in [1.29, 1.82) is 0 Å². The fourth-order valence-corrected chi connectivity index (χ4v) is 4.45. The second-order valence-corrected chi connectivity index (χ2v) is 9.33. The minimum absolute atomic E-state index is 0.0106. The Morgan fingerprint density at radius 2 is 1.91 bits per heavy atom. The summed E-state index contributed by atoms with van der Waals surface area (Å²) in [6.45, 7) is 3.99. The highest BCUT2D eigenvalue weighted by molar-refractivity contribution is 5.84. The van der Waals surface area contributed by atoms with Crippen LogP contribution in [-0.4, -0.2) is 38.0 Å². The summed E-state index contributed by atoms with van der Waals surface area (Å²) < 4.78 is 43.4. The normalized spacial score (nSPS) is 13.9. The van der Waals surface area contributed by atoms with Gasteiger partial charge in [0.15, 0.2) is 17.5 Å². The van der Waals surface area contributed by atoms with Crippen molar-refractivity contribution < 1.29 is 27.9 Å². The molecule has 0 aliphatic carbocycles. The highest BCUT2D eigenvalue weighted by atomic mass is 19.2. The van der Waals surface area contributed by atoms with Gasteiger partial charge in [0.1, 0.15) is 5.65 Å². The molecule has 0 bridgehead atoms. The molecule has 4 rings (SSSR count). The molecule has 9 heteroatoms. The summed E-state index contributed by atoms with van der Waals surface area (Å²) in [7, 11) is 0. The van der Waals surface area contributed by atoms with Gasteiger partial charge in [-0.05, 0) is 56.9 Å². The number of nitrogens with zero attached hydrogens (tertiary/aromatic N) is 3. The van der Waals surface area contributed by atoms with E-state index in [1.165, 1.54) is 6.07 Å². The van der Waals surface area contributed by atoms with Crippen molar-refractivity contribution in [3.8, 4) is 0 Å². The molecule has 2 aromatic heterocycles. The van der Waals surface area contributed by atoms with Crippen LogP contribution in [0.4, 0.5) is 13.2 Å². The van der Waals surface area contributed by atoms with Gasteiger partial charge in [0.05, 0.1) is 18.5 Å². The van der Waals surface area contributed by atoms with Crippen LogP contribution in [0, 0.1) is 22.9 Å². The Morgan fingerprint density at radius 1 is 1.15 bits per heavy atom. The zero-order valence-electron chi connectivity index (χ0n) is 19.1. The van der Waals surface area contributed by atoms with E-state index in [0.29, 0.717) is 31.5 Å². The van der Waals surface area contributed by atoms with Crippen LogP contribution >= 0.6 is 0 Å². The Hall–Kier alpha value is -3.36. The van der Waals surface area contributed by atoms with Crippen molar-refractivity contribution in [2.75, 3.05) is 6.54 Å². The van der Waals surface area contributed by atoms with Gasteiger partial charge in [-0.3, -0.25) is 9.59 Å². The monoisotopic (exact) mass is 473 g/mol. The van der Waals surface area contributed by atoms with E-state index in [9.17, 15) is 27.9 Å². The Morgan fingerprint density at radius 3 is 2.65 bits per heavy atom. The largest absolute Gasteiger partial charge is 0.481 e. The lowest BCUT2D eigenvalue weighted by molar-refractivity contribution is -0.147. The van der Waals surface area contributed by atoms with Crippen LogP contribution < -0.4 is 0 Å². The second-order valence-electron chi connectivity index (χ2n) is 9.33. The summed E-state index contributed by atoms with van der Waals surface area (Å²) >= 11 is 0. The van der Waals surface area contributed by atoms with Gasteiger partial charge in [-0.15, -0.1) is 0 Å². The first kappa shape index (κ1) is 23.8. The number of carboxylic acid groups (broad SMARTS) is 1. The molecule has 0 fully saturated rings. The smallest absolute Gasteiger partial charge is 0.309 e. The lowest BCUT2D eigenvalue weighted by Gasteiger charge is -2.29. The Balaban J connectivity index is 1.59. The number of aromatic nitrogens is 2. The molecule has 34 heavy (non-hydrogen) atoms. The third-order valence-corrected chi connectivity index (χ3v) is 6.58. The van der Waals surface area contributed by atoms with E-state index in [1.54, 1.807) is 35.6 Å². The SMILES string of the molecule is CC(C)(CCCC(=O)N1CCc2c(n(Cc3ccc(F)c(F)c3F)c3ncccc23)C1)C(=O)O. The van der Waals surface area contributed by atoms with Crippen molar-refractivity contribution in [3.05, 3.63) is 64.7 Å². The van der Waals surface area contributed by atoms with Gasteiger partial charge in [0, 0.05) is 35.8 Å². The highest BCUT2D eigenvalue weighted by Gasteiger charge is 2.30. The molecule has 0 atom stereocenters. The third-order valence-electron chi connectivity index (χ3n) is 6.58. The maximum absolute atomic E-state index is 14.4. The summed E-state index contributed by atoms with van der Waals surface area (Å²) in [6, 6.07) is 5.82. The van der Waals surface area contributed by atoms with E-state index < -0.39 is 28.8 Å². The van der Waals surface area contributed by atoms with Crippen LogP contribution in [-0.2, 0) is 29.1 Å². The second kappa shape index (κ2) is 9.12. The molecule has 1 aliphatic rings. The molecule has 180 valence electrons. The molecule has 0 radical (unpaired) electrons. The molecule has 0 saturated heterocycles. The van der Waals surface area contributed by atoms with Crippen molar-refractivity contribution >= 4 is 22.9 Å². The topological polar surface area (TPSA) is 75.4 Å². The molecule has 1 amide bonds. The number of aliphatic carboxylic acids is 1. The van der Waals surface area contributed by atoms with Crippen molar-refractivity contribution in [3.63, 3.8) is 0 Å². The number of hydrogen-bond donors (Lipinski definition) is 1. The van der Waals surface area contributed by atoms with Crippen molar-refractivity contribution in [1.82, 2.24) is 14.5 Å². The third kappa shape index (κ3) is 4.38. The fourth-order valence-electron chi connectivity index (χ4n) is 4.45. The molecule has 1 aromatic carbocycles. The Kier molecular flexibility index (Phi) is 6.38. The Labute approximate surface area is 195 Å². The molecule has 3 aromatic rings. The molecular formula is C25H26F3N3O3. The van der Waals surface area contributed by atoms with Gasteiger partial charge in [-0.25, -0.2) is 18.2 Å². The molecular weight excluding hydrogens is 447 g/mol. The van der Waals surface area contributed by atoms with E-state index in [2.05, 4.69) is 4.98 Å². The fraction of sp³-hybridized carbons (Fsp3) is 0.400. The summed E-state index contributed by atoms with van der Waals surface area (Å²) in [6.07, 6.45) is 3.25. The minimum Gasteiger partial charge on any atom is -0.481 e. The summed E-state index contributed by atoms with van der Waals surface area (Å²) in [5.74, 6) is -4.99. The van der Waals surface area contributed by atoms with Gasteiger partial charge < -0.3 is 14.6 Å². The first-order valence-corrected chi connectivity index (χ1v) is 11.2. The predicted octanol–water partition coefficient (Wildman–Crippen LogP) is 4.67. The average molecular weight is 473 g/mol. The summed E-state index contributed by atoms with van der Waals surface area (Å²) in [5.41, 5.74) is 1.46. The molecule has 6 nitrogen and oxygen atoms in total. The van der Waals surface area contributed by atoms with Gasteiger partial charge in [-0.1, -0.05) is 6.07 Å². The van der Waals surface area contributed by atoms with E-state index in [0.717, 1.165) is 22.7 Å². The maximum Gasteiger partial charge on any atom is 0.309 e. The first-order chi connectivity index (χ1) is 16.1. The van der Waals surface area contributed by atoms with E-state index >= 15 is 0 Å². The van der Waals surface area contributed by atoms with Gasteiger partial charge >= 0.3 is 5.97 Å². The number of benzene rings is 1. The number of carbonyl (C=O) groups is 2. The van der Waals surface area contributed by atoms with Crippen LogP contribution in [0.2, 0.25) is 0 Å². The van der Waals surface area contributed by atoms with Crippen LogP contribution in [0.1, 0.15) is 49.9 Å². The van der Waals surface area contributed by atoms with Gasteiger partial charge in [-0.2, -0.15) is 0 Å². The number of pyridine rings is 1. The van der Waals surface area contributed by atoms with E-state index in [-0.39, 0.29) is 31.0 Å². The van der Waals surface area contributed by atoms with Crippen LogP contribution in [0.15, 0.2) is 30.5 Å². The number of hydrogen-bond acceptors (Lipinski definition) is 3. The molecule has 1 aliphatic heterocycles. The van der Waals surface area contributed by atoms with Crippen molar-refractivity contribution in [2.24, 2.45) is 5.41 Å². The number of carboxylic acids is 1. The number of halogens is 3. The molecule has 3 heterocycles. The van der Waals surface area contributed by atoms with Crippen LogP contribution in [0.3, 0.4) is 0 Å². The van der Waals surface area contributed by atoms with Gasteiger partial charge in [0.2, 0.25) is 5.91 Å². The van der Waals surface area contributed by atoms with E-state index in [4.69, 9.17) is 0 Å². The quantitative estimate of drug-likeness (QED) is 0.506. The summed E-state index contributed by atoms with van der Waals surface area (Å²) in [4.78, 5) is 30.3. The number of amides is 1. The number of rotatable bonds is 7. The highest BCUT2D eigenvalue weighted by Crippen LogP contribution is 2.32. The standard InChI is InChI=1S/C25H26F3N3O3/c1-25(2,24(33)34)10-3-6-20(32)30-12-9-16-17-5-4-11-29-23(17)31(19(16)14-30)13-15-7-8-18(26)22(28)21(15)27/h4-5,7-8,11H,3,6,9-10,12-14H2,1-2H3,(H,33,34). The van der Waals surface area contributed by atoms with Gasteiger partial charge in [0.25, 0.3) is 0 Å². The molecule has 0 saturated carbocycles. The van der Waals surface area contributed by atoms with Crippen LogP contribution in [0.25, 0.3) is 11.0 Å². The van der Waals surface area contributed by atoms with Crippen LogP contribution in [0.5, 0.6) is 0 Å². The molecule has 0 spiro atoms. The first-order valence-electron chi connectivity index (χ1n) is 11.2. The average Bonchev–Trinajstić information content (AvgIpc) is 3.12. The maximum atomic E-state index is 14.4. The van der Waals surface area contributed by atoms with E-state index in [1.807, 2.05) is 6.07 Å². The zero-order valence-corrected chi connectivity index (χ0v) is 19.1. The Bertz CT molecular complexity index is 1270. The zero-order chi connectivity index (χ0) is 24.6. The number of carbonyl (C=O) groups excluding carboxylic acids is 1. The molecule has 0 unspecified atom stereocenters. The minimum atomic E-state index is -1.52. The molecule has 1 N–H and O–H groups in total.